The average Bonchev–Trinajstić information content (AvgIpc) is 2.17. The maximum atomic E-state index is 12.7. The molecule has 0 unspecified atom stereocenters. The highest BCUT2D eigenvalue weighted by Crippen LogP contribution is 2.16. The van der Waals surface area contributed by atoms with Crippen molar-refractivity contribution in [2.45, 2.75) is 0 Å². The van der Waals surface area contributed by atoms with E-state index in [-0.39, 0.29) is 11.4 Å². The van der Waals surface area contributed by atoms with Gasteiger partial charge in [-0.1, -0.05) is 6.07 Å². The zero-order valence-corrected chi connectivity index (χ0v) is 9.12. The summed E-state index contributed by atoms with van der Waals surface area (Å²) >= 11 is 1.95. The van der Waals surface area contributed by atoms with E-state index in [0.29, 0.717) is 9.13 Å². The van der Waals surface area contributed by atoms with Crippen LogP contribution in [-0.4, -0.2) is 0 Å². The van der Waals surface area contributed by atoms with Crippen molar-refractivity contribution in [2.75, 3.05) is 0 Å². The summed E-state index contributed by atoms with van der Waals surface area (Å²) in [7, 11) is 0. The molecule has 0 fully saturated rings. The standard InChI is InChI=1S/C10H4FIN2/c11-9-2-1-8(10(12)4-9)3-7(5-13)6-14/h1-4H. The van der Waals surface area contributed by atoms with E-state index < -0.39 is 0 Å². The van der Waals surface area contributed by atoms with Crippen molar-refractivity contribution < 1.29 is 4.39 Å². The molecule has 0 saturated heterocycles. The van der Waals surface area contributed by atoms with Crippen molar-refractivity contribution >= 4 is 28.7 Å². The van der Waals surface area contributed by atoms with Crippen molar-refractivity contribution in [2.24, 2.45) is 0 Å². The molecule has 0 bridgehead atoms. The summed E-state index contributed by atoms with van der Waals surface area (Å²) in [6, 6.07) is 7.66. The van der Waals surface area contributed by atoms with Crippen molar-refractivity contribution in [3.05, 3.63) is 38.7 Å². The number of hydrogen-bond acceptors (Lipinski definition) is 2. The Kier molecular flexibility index (Phi) is 3.61. The van der Waals surface area contributed by atoms with Gasteiger partial charge in [0.2, 0.25) is 0 Å². The summed E-state index contributed by atoms with van der Waals surface area (Å²) in [4.78, 5) is 0. The van der Waals surface area contributed by atoms with Gasteiger partial charge in [0.05, 0.1) is 0 Å². The fraction of sp³-hybridized carbons (Fsp3) is 0. The molecule has 0 atom stereocenters. The van der Waals surface area contributed by atoms with Crippen LogP contribution in [-0.2, 0) is 0 Å². The van der Waals surface area contributed by atoms with Gasteiger partial charge in [-0.2, -0.15) is 10.5 Å². The minimum Gasteiger partial charge on any atom is -0.207 e. The quantitative estimate of drug-likeness (QED) is 0.591. The molecule has 0 aliphatic carbocycles. The highest BCUT2D eigenvalue weighted by Gasteiger charge is 2.00. The maximum Gasteiger partial charge on any atom is 0.130 e. The predicted octanol–water partition coefficient (Wildman–Crippen LogP) is 2.86. The molecule has 1 aromatic rings. The molecule has 0 heterocycles. The van der Waals surface area contributed by atoms with E-state index in [2.05, 4.69) is 0 Å². The highest BCUT2D eigenvalue weighted by atomic mass is 127. The van der Waals surface area contributed by atoms with E-state index in [4.69, 9.17) is 10.5 Å². The first-order valence-electron chi connectivity index (χ1n) is 3.64. The lowest BCUT2D eigenvalue weighted by molar-refractivity contribution is 0.626. The highest BCUT2D eigenvalue weighted by molar-refractivity contribution is 14.1. The Bertz CT molecular complexity index is 450. The first-order valence-corrected chi connectivity index (χ1v) is 4.72. The van der Waals surface area contributed by atoms with Crippen LogP contribution in [0.15, 0.2) is 23.8 Å². The zero-order valence-electron chi connectivity index (χ0n) is 6.96. The molecule has 68 valence electrons. The van der Waals surface area contributed by atoms with Gasteiger partial charge in [0.25, 0.3) is 0 Å². The number of nitrogens with zero attached hydrogens (tertiary/aromatic N) is 2. The van der Waals surface area contributed by atoms with Crippen LogP contribution in [0.25, 0.3) is 6.08 Å². The van der Waals surface area contributed by atoms with Gasteiger partial charge in [-0.05, 0) is 46.4 Å². The summed E-state index contributed by atoms with van der Waals surface area (Å²) in [6.45, 7) is 0. The molecule has 0 spiro atoms. The molecule has 0 saturated carbocycles. The second-order valence-electron chi connectivity index (χ2n) is 2.45. The van der Waals surface area contributed by atoms with Crippen LogP contribution in [0.2, 0.25) is 0 Å². The van der Waals surface area contributed by atoms with Gasteiger partial charge in [0.1, 0.15) is 23.5 Å². The van der Waals surface area contributed by atoms with Crippen molar-refractivity contribution in [1.82, 2.24) is 0 Å². The molecule has 0 amide bonds. The Balaban J connectivity index is 3.18. The molecule has 4 heteroatoms. The topological polar surface area (TPSA) is 47.6 Å². The number of nitriles is 2. The Hall–Kier alpha value is -1.40. The molecule has 1 rings (SSSR count). The Morgan fingerprint density at radius 2 is 2.00 bits per heavy atom. The number of benzene rings is 1. The summed E-state index contributed by atoms with van der Waals surface area (Å²) in [5, 5.41) is 17.0. The normalized spacial score (nSPS) is 8.57. The summed E-state index contributed by atoms with van der Waals surface area (Å²) in [5.74, 6) is -0.331. The third-order valence-corrected chi connectivity index (χ3v) is 2.44. The van der Waals surface area contributed by atoms with Crippen molar-refractivity contribution in [3.8, 4) is 12.1 Å². The van der Waals surface area contributed by atoms with Crippen molar-refractivity contribution in [3.63, 3.8) is 0 Å². The van der Waals surface area contributed by atoms with E-state index in [1.165, 1.54) is 24.3 Å². The van der Waals surface area contributed by atoms with Gasteiger partial charge in [-0.15, -0.1) is 0 Å². The molecular formula is C10H4FIN2. The zero-order chi connectivity index (χ0) is 10.6. The number of halogens is 2. The van der Waals surface area contributed by atoms with Gasteiger partial charge in [-0.3, -0.25) is 0 Å². The van der Waals surface area contributed by atoms with E-state index in [1.54, 1.807) is 12.1 Å². The van der Waals surface area contributed by atoms with Gasteiger partial charge < -0.3 is 0 Å². The Labute approximate surface area is 94.4 Å². The monoisotopic (exact) mass is 298 g/mol. The minimum atomic E-state index is -0.331. The second kappa shape index (κ2) is 4.73. The first kappa shape index (κ1) is 10.7. The molecule has 0 aromatic heterocycles. The molecule has 0 radical (unpaired) electrons. The molecule has 0 aliphatic heterocycles. The summed E-state index contributed by atoms with van der Waals surface area (Å²) < 4.78 is 13.4. The lowest BCUT2D eigenvalue weighted by atomic mass is 10.1. The van der Waals surface area contributed by atoms with Crippen molar-refractivity contribution in [1.29, 1.82) is 10.5 Å². The van der Waals surface area contributed by atoms with Crippen LogP contribution in [0.4, 0.5) is 4.39 Å². The van der Waals surface area contributed by atoms with Gasteiger partial charge >= 0.3 is 0 Å². The fourth-order valence-corrected chi connectivity index (χ4v) is 1.50. The molecule has 14 heavy (non-hydrogen) atoms. The minimum absolute atomic E-state index is 0.00882. The summed E-state index contributed by atoms with van der Waals surface area (Å²) in [5.41, 5.74) is 0.680. The number of allylic oxidation sites excluding steroid dienone is 1. The van der Waals surface area contributed by atoms with E-state index in [0.717, 1.165) is 0 Å². The van der Waals surface area contributed by atoms with Crippen LogP contribution < -0.4 is 0 Å². The van der Waals surface area contributed by atoms with Crippen LogP contribution in [0.3, 0.4) is 0 Å². The molecule has 1 aromatic carbocycles. The Morgan fingerprint density at radius 3 is 2.50 bits per heavy atom. The van der Waals surface area contributed by atoms with Gasteiger partial charge in [0, 0.05) is 3.57 Å². The molecule has 0 N–H and O–H groups in total. The first-order chi connectivity index (χ1) is 6.67. The lowest BCUT2D eigenvalue weighted by Gasteiger charge is -1.97. The lowest BCUT2D eigenvalue weighted by Crippen LogP contribution is -1.83. The fourth-order valence-electron chi connectivity index (χ4n) is 0.864. The smallest absolute Gasteiger partial charge is 0.130 e. The number of hydrogen-bond donors (Lipinski definition) is 0. The van der Waals surface area contributed by atoms with E-state index in [9.17, 15) is 4.39 Å². The maximum absolute atomic E-state index is 12.7. The second-order valence-corrected chi connectivity index (χ2v) is 3.61. The average molecular weight is 298 g/mol. The van der Waals surface area contributed by atoms with E-state index in [1.807, 2.05) is 22.6 Å². The van der Waals surface area contributed by atoms with Gasteiger partial charge in [0.15, 0.2) is 0 Å². The van der Waals surface area contributed by atoms with Gasteiger partial charge in [-0.25, -0.2) is 4.39 Å². The molecule has 0 aliphatic rings. The summed E-state index contributed by atoms with van der Waals surface area (Å²) in [6.07, 6.45) is 1.43. The Morgan fingerprint density at radius 1 is 1.36 bits per heavy atom. The SMILES string of the molecule is N#CC(C#N)=Cc1ccc(F)cc1I. The predicted molar refractivity (Wildman–Crippen MR) is 58.3 cm³/mol. The van der Waals surface area contributed by atoms with Crippen LogP contribution in [0, 0.1) is 32.0 Å². The van der Waals surface area contributed by atoms with Crippen LogP contribution in [0.1, 0.15) is 5.56 Å². The van der Waals surface area contributed by atoms with E-state index >= 15 is 0 Å². The molecular weight excluding hydrogens is 294 g/mol. The number of rotatable bonds is 1. The van der Waals surface area contributed by atoms with Crippen LogP contribution >= 0.6 is 22.6 Å². The van der Waals surface area contributed by atoms with Crippen LogP contribution in [0.5, 0.6) is 0 Å². The largest absolute Gasteiger partial charge is 0.207 e. The molecule has 2 nitrogen and oxygen atoms in total. The third-order valence-electron chi connectivity index (χ3n) is 1.50. The third kappa shape index (κ3) is 2.54.